The lowest BCUT2D eigenvalue weighted by Gasteiger charge is -2.47. The standard InChI is InChI=1S/C31H28N4O/c1-34-29(36)35(23-26-16-8-3-9-17-26)30(27-18-10-4-11-19-27,22-25-14-6-2-7-15-25)31(34,24-32)33-28-20-12-5-13-21-28/h2-21,33H,22-23H2,1H3. The molecular weight excluding hydrogens is 444 g/mol. The van der Waals surface area contributed by atoms with Gasteiger partial charge in [0.05, 0.1) is 0 Å². The number of likely N-dealkylation sites (N-methyl/N-ethyl adjacent to an activating group) is 1. The fourth-order valence-electron chi connectivity index (χ4n) is 5.34. The first-order chi connectivity index (χ1) is 17.6. The Morgan fingerprint density at radius 3 is 1.81 bits per heavy atom. The number of para-hydroxylation sites is 1. The molecule has 0 saturated carbocycles. The third kappa shape index (κ3) is 3.77. The van der Waals surface area contributed by atoms with Gasteiger partial charge < -0.3 is 10.2 Å². The molecule has 1 fully saturated rings. The zero-order chi connectivity index (χ0) is 25.0. The molecule has 0 radical (unpaired) electrons. The normalized spacial score (nSPS) is 21.3. The fraction of sp³-hybridized carbons (Fsp3) is 0.161. The third-order valence-electron chi connectivity index (χ3n) is 7.08. The van der Waals surface area contributed by atoms with Crippen LogP contribution in [0.5, 0.6) is 0 Å². The van der Waals surface area contributed by atoms with Gasteiger partial charge in [-0.2, -0.15) is 5.26 Å². The van der Waals surface area contributed by atoms with Gasteiger partial charge in [-0.1, -0.05) is 109 Å². The van der Waals surface area contributed by atoms with Crippen molar-refractivity contribution in [1.82, 2.24) is 9.80 Å². The van der Waals surface area contributed by atoms with Crippen molar-refractivity contribution in [3.8, 4) is 6.07 Å². The quantitative estimate of drug-likeness (QED) is 0.358. The zero-order valence-corrected chi connectivity index (χ0v) is 20.2. The topological polar surface area (TPSA) is 59.4 Å². The van der Waals surface area contributed by atoms with Crippen molar-refractivity contribution < 1.29 is 4.79 Å². The Hall–Kier alpha value is -4.56. The summed E-state index contributed by atoms with van der Waals surface area (Å²) in [6, 6.07) is 42.0. The van der Waals surface area contributed by atoms with Gasteiger partial charge in [0.15, 0.2) is 0 Å². The molecule has 2 amide bonds. The van der Waals surface area contributed by atoms with E-state index in [0.717, 1.165) is 22.4 Å². The van der Waals surface area contributed by atoms with Crippen LogP contribution in [0, 0.1) is 11.3 Å². The summed E-state index contributed by atoms with van der Waals surface area (Å²) in [6.45, 7) is 0.367. The van der Waals surface area contributed by atoms with Crippen LogP contribution in [0.1, 0.15) is 16.7 Å². The molecule has 36 heavy (non-hydrogen) atoms. The van der Waals surface area contributed by atoms with Gasteiger partial charge in [-0.25, -0.2) is 4.79 Å². The Kier molecular flexibility index (Phi) is 6.18. The van der Waals surface area contributed by atoms with Gasteiger partial charge in [0.1, 0.15) is 11.6 Å². The number of hydrogen-bond acceptors (Lipinski definition) is 3. The summed E-state index contributed by atoms with van der Waals surface area (Å²) < 4.78 is 0. The molecule has 0 bridgehead atoms. The van der Waals surface area contributed by atoms with E-state index in [-0.39, 0.29) is 6.03 Å². The minimum Gasteiger partial charge on any atom is -0.348 e. The lowest BCUT2D eigenvalue weighted by Crippen LogP contribution is -2.63. The van der Waals surface area contributed by atoms with Gasteiger partial charge in [-0.05, 0) is 28.8 Å². The van der Waals surface area contributed by atoms with Crippen LogP contribution in [0.25, 0.3) is 0 Å². The number of urea groups is 1. The fourth-order valence-corrected chi connectivity index (χ4v) is 5.34. The number of amides is 2. The molecule has 4 aromatic rings. The molecule has 1 aliphatic rings. The Balaban J connectivity index is 1.79. The van der Waals surface area contributed by atoms with Gasteiger partial charge in [0.2, 0.25) is 5.66 Å². The van der Waals surface area contributed by atoms with Crippen LogP contribution in [0.15, 0.2) is 121 Å². The summed E-state index contributed by atoms with van der Waals surface area (Å²) in [5.41, 5.74) is 1.28. The maximum absolute atomic E-state index is 14.1. The second kappa shape index (κ2) is 9.59. The highest BCUT2D eigenvalue weighted by Gasteiger charge is 2.68. The number of rotatable bonds is 7. The largest absolute Gasteiger partial charge is 0.348 e. The smallest absolute Gasteiger partial charge is 0.323 e. The van der Waals surface area contributed by atoms with E-state index in [1.807, 2.05) is 114 Å². The molecule has 5 nitrogen and oxygen atoms in total. The molecular formula is C31H28N4O. The van der Waals surface area contributed by atoms with Crippen molar-refractivity contribution in [2.75, 3.05) is 12.4 Å². The van der Waals surface area contributed by atoms with Gasteiger partial charge in [0, 0.05) is 25.7 Å². The number of hydrogen-bond donors (Lipinski definition) is 1. The summed E-state index contributed by atoms with van der Waals surface area (Å²) in [5.74, 6) is 0. The van der Waals surface area contributed by atoms with Crippen LogP contribution in [0.3, 0.4) is 0 Å². The minimum absolute atomic E-state index is 0.205. The summed E-state index contributed by atoms with van der Waals surface area (Å²) in [5, 5.41) is 14.5. The van der Waals surface area contributed by atoms with Crippen LogP contribution < -0.4 is 5.32 Å². The van der Waals surface area contributed by atoms with Crippen molar-refractivity contribution in [2.45, 2.75) is 24.2 Å². The molecule has 1 N–H and O–H groups in total. The van der Waals surface area contributed by atoms with E-state index in [2.05, 4.69) is 23.5 Å². The van der Waals surface area contributed by atoms with Crippen LogP contribution in [-0.2, 0) is 18.5 Å². The van der Waals surface area contributed by atoms with E-state index in [9.17, 15) is 10.1 Å². The zero-order valence-electron chi connectivity index (χ0n) is 20.2. The van der Waals surface area contributed by atoms with Crippen LogP contribution in [-0.4, -0.2) is 28.5 Å². The summed E-state index contributed by atoms with van der Waals surface area (Å²) in [6.07, 6.45) is 0.453. The molecule has 4 aromatic carbocycles. The first-order valence-electron chi connectivity index (χ1n) is 12.0. The predicted octanol–water partition coefficient (Wildman–Crippen LogP) is 6.02. The first kappa shape index (κ1) is 23.2. The van der Waals surface area contributed by atoms with E-state index in [4.69, 9.17) is 0 Å². The maximum Gasteiger partial charge on any atom is 0.323 e. The number of carbonyl (C=O) groups excluding carboxylic acids is 1. The lowest BCUT2D eigenvalue weighted by atomic mass is 9.73. The number of benzene rings is 4. The molecule has 5 heteroatoms. The first-order valence-corrected chi connectivity index (χ1v) is 12.0. The second-order valence-corrected chi connectivity index (χ2v) is 9.12. The van der Waals surface area contributed by atoms with Gasteiger partial charge in [-0.15, -0.1) is 0 Å². The van der Waals surface area contributed by atoms with Crippen molar-refractivity contribution in [3.05, 3.63) is 138 Å². The molecule has 5 rings (SSSR count). The number of nitriles is 1. The van der Waals surface area contributed by atoms with Crippen molar-refractivity contribution >= 4 is 11.7 Å². The second-order valence-electron chi connectivity index (χ2n) is 9.12. The number of carbonyl (C=O) groups is 1. The van der Waals surface area contributed by atoms with E-state index in [1.54, 1.807) is 11.9 Å². The Morgan fingerprint density at radius 2 is 1.25 bits per heavy atom. The van der Waals surface area contributed by atoms with Crippen LogP contribution in [0.2, 0.25) is 0 Å². The number of nitrogens with zero attached hydrogens (tertiary/aromatic N) is 3. The van der Waals surface area contributed by atoms with Gasteiger partial charge in [-0.3, -0.25) is 4.90 Å². The van der Waals surface area contributed by atoms with Gasteiger partial charge >= 0.3 is 6.03 Å². The number of nitrogens with one attached hydrogen (secondary N) is 1. The van der Waals surface area contributed by atoms with E-state index < -0.39 is 11.2 Å². The average molecular weight is 473 g/mol. The summed E-state index contributed by atoms with van der Waals surface area (Å²) >= 11 is 0. The third-order valence-corrected chi connectivity index (χ3v) is 7.08. The predicted molar refractivity (Wildman–Crippen MR) is 142 cm³/mol. The van der Waals surface area contributed by atoms with Gasteiger partial charge in [0.25, 0.3) is 0 Å². The summed E-state index contributed by atoms with van der Waals surface area (Å²) in [7, 11) is 1.72. The molecule has 178 valence electrons. The molecule has 0 aliphatic carbocycles. The van der Waals surface area contributed by atoms with E-state index in [1.165, 1.54) is 0 Å². The SMILES string of the molecule is CN1C(=O)N(Cc2ccccc2)C(Cc2ccccc2)(c2ccccc2)C1(C#N)Nc1ccccc1. The Bertz CT molecular complexity index is 1360. The molecule has 1 saturated heterocycles. The molecule has 0 spiro atoms. The van der Waals surface area contributed by atoms with Crippen molar-refractivity contribution in [2.24, 2.45) is 0 Å². The molecule has 0 aromatic heterocycles. The highest BCUT2D eigenvalue weighted by molar-refractivity contribution is 5.83. The van der Waals surface area contributed by atoms with E-state index in [0.29, 0.717) is 13.0 Å². The van der Waals surface area contributed by atoms with Crippen LogP contribution >= 0.6 is 0 Å². The maximum atomic E-state index is 14.1. The summed E-state index contributed by atoms with van der Waals surface area (Å²) in [4.78, 5) is 17.5. The van der Waals surface area contributed by atoms with Crippen molar-refractivity contribution in [3.63, 3.8) is 0 Å². The van der Waals surface area contributed by atoms with Crippen molar-refractivity contribution in [1.29, 1.82) is 5.26 Å². The van der Waals surface area contributed by atoms with E-state index >= 15 is 0 Å². The molecule has 2 atom stereocenters. The van der Waals surface area contributed by atoms with Crippen LogP contribution in [0.4, 0.5) is 10.5 Å². The lowest BCUT2D eigenvalue weighted by molar-refractivity contribution is 0.104. The Labute approximate surface area is 212 Å². The number of anilines is 1. The minimum atomic E-state index is -1.39. The average Bonchev–Trinajstić information content (AvgIpc) is 3.10. The molecule has 2 unspecified atom stereocenters. The highest BCUT2D eigenvalue weighted by atomic mass is 16.2. The highest BCUT2D eigenvalue weighted by Crippen LogP contribution is 2.51. The molecule has 1 heterocycles. The molecule has 1 aliphatic heterocycles. The monoisotopic (exact) mass is 472 g/mol. The Morgan fingerprint density at radius 1 is 0.750 bits per heavy atom.